The number of hydrogen-bond donors (Lipinski definition) is 2. The highest BCUT2D eigenvalue weighted by Gasteiger charge is 2.34. The molecule has 0 atom stereocenters. The molecule has 1 aromatic carbocycles. The highest BCUT2D eigenvalue weighted by molar-refractivity contribution is 5.87. The van der Waals surface area contributed by atoms with Gasteiger partial charge in [-0.3, -0.25) is 4.79 Å². The Morgan fingerprint density at radius 1 is 1.21 bits per heavy atom. The largest absolute Gasteiger partial charge is 0.573 e. The number of aromatic nitrogens is 2. The van der Waals surface area contributed by atoms with E-state index in [-0.39, 0.29) is 29.9 Å². The van der Waals surface area contributed by atoms with E-state index in [1.54, 1.807) is 9.80 Å². The molecule has 0 radical (unpaired) electrons. The molecule has 13 heteroatoms. The smallest absolute Gasteiger partial charge is 0.508 e. The van der Waals surface area contributed by atoms with Crippen molar-refractivity contribution in [2.24, 2.45) is 0 Å². The number of carbonyl (C=O) groups is 1. The van der Waals surface area contributed by atoms with E-state index in [4.69, 9.17) is 4.74 Å². The quantitative estimate of drug-likeness (QED) is 0.260. The average Bonchev–Trinajstić information content (AvgIpc) is 2.96. The number of phenols is 1. The molecule has 10 nitrogen and oxygen atoms in total. The number of aromatic hydroxyl groups is 1. The Balaban J connectivity index is 1.52. The maximum atomic E-state index is 13.1. The van der Waals surface area contributed by atoms with Gasteiger partial charge in [0.05, 0.1) is 24.5 Å². The number of carbonyl (C=O) groups excluding carboxylic acids is 1. The maximum absolute atomic E-state index is 13.1. The number of ether oxygens (including phenoxy) is 2. The number of amides is 1. The van der Waals surface area contributed by atoms with Gasteiger partial charge in [-0.2, -0.15) is 9.97 Å². The van der Waals surface area contributed by atoms with Crippen molar-refractivity contribution in [2.45, 2.75) is 51.9 Å². The van der Waals surface area contributed by atoms with Gasteiger partial charge in [0, 0.05) is 44.4 Å². The van der Waals surface area contributed by atoms with E-state index in [0.29, 0.717) is 50.7 Å². The van der Waals surface area contributed by atoms with Crippen LogP contribution in [0.15, 0.2) is 30.9 Å². The van der Waals surface area contributed by atoms with Gasteiger partial charge in [0.25, 0.3) is 0 Å². The lowest BCUT2D eigenvalue weighted by Crippen LogP contribution is -2.35. The molecule has 0 unspecified atom stereocenters. The lowest BCUT2D eigenvalue weighted by atomic mass is 10.0. The number of piperidine rings is 1. The number of rotatable bonds is 13. The molecule has 0 aliphatic carbocycles. The average molecular weight is 593 g/mol. The van der Waals surface area contributed by atoms with Crippen LogP contribution in [0.3, 0.4) is 0 Å². The minimum atomic E-state index is -4.91. The highest BCUT2D eigenvalue weighted by Crippen LogP contribution is 2.38. The lowest BCUT2D eigenvalue weighted by molar-refractivity contribution is -0.274. The van der Waals surface area contributed by atoms with Crippen LogP contribution in [0.4, 0.5) is 24.7 Å². The van der Waals surface area contributed by atoms with Crippen LogP contribution in [-0.2, 0) is 17.8 Å². The fraction of sp³-hybridized carbons (Fsp3) is 0.552. The number of alkyl halides is 3. The van der Waals surface area contributed by atoms with Gasteiger partial charge in [0.2, 0.25) is 5.91 Å². The van der Waals surface area contributed by atoms with Gasteiger partial charge in [-0.25, -0.2) is 0 Å². The molecule has 2 N–H and O–H groups in total. The summed E-state index contributed by atoms with van der Waals surface area (Å²) < 4.78 is 49.5. The molecule has 2 aromatic rings. The standard InChI is InChI=1S/C29H39F3N6O4/c1-3-26(40)37(4-2)17-12-33-27-22-11-16-38(24-10-9-21(39)19-25(24)42-29(30,31)32)20-23(22)34-28(35-27)41-18-8-15-36-13-6-5-7-14-36/h3,9-10,19,39H,1,4-8,11-18,20H2,2H3,(H,33,34,35). The Morgan fingerprint density at radius 2 is 2.00 bits per heavy atom. The summed E-state index contributed by atoms with van der Waals surface area (Å²) in [6.45, 7) is 10.9. The predicted molar refractivity (Wildman–Crippen MR) is 153 cm³/mol. The highest BCUT2D eigenvalue weighted by atomic mass is 19.4. The molecule has 1 saturated heterocycles. The number of nitrogens with zero attached hydrogens (tertiary/aromatic N) is 5. The molecule has 1 amide bonds. The molecule has 0 spiro atoms. The Labute approximate surface area is 244 Å². The number of hydrogen-bond acceptors (Lipinski definition) is 9. The summed E-state index contributed by atoms with van der Waals surface area (Å²) in [6, 6.07) is 3.85. The maximum Gasteiger partial charge on any atom is 0.573 e. The first-order chi connectivity index (χ1) is 20.2. The fourth-order valence-electron chi connectivity index (χ4n) is 5.29. The zero-order valence-corrected chi connectivity index (χ0v) is 24.0. The van der Waals surface area contributed by atoms with Crippen molar-refractivity contribution in [3.63, 3.8) is 0 Å². The third-order valence-corrected chi connectivity index (χ3v) is 7.40. The molecule has 2 aliphatic rings. The van der Waals surface area contributed by atoms with Gasteiger partial charge in [-0.15, -0.1) is 13.2 Å². The number of likely N-dealkylation sites (N-methyl/N-ethyl adjacent to an activating group) is 1. The Hall–Kier alpha value is -3.74. The normalized spacial score (nSPS) is 15.6. The van der Waals surface area contributed by atoms with E-state index >= 15 is 0 Å². The van der Waals surface area contributed by atoms with E-state index < -0.39 is 12.1 Å². The van der Waals surface area contributed by atoms with Crippen molar-refractivity contribution < 1.29 is 32.5 Å². The Kier molecular flexibility index (Phi) is 10.7. The number of fused-ring (bicyclic) bond motifs is 1. The minimum Gasteiger partial charge on any atom is -0.508 e. The zero-order chi connectivity index (χ0) is 30.1. The van der Waals surface area contributed by atoms with Gasteiger partial charge in [-0.05, 0) is 63.9 Å². The molecular weight excluding hydrogens is 553 g/mol. The monoisotopic (exact) mass is 592 g/mol. The van der Waals surface area contributed by atoms with Gasteiger partial charge < -0.3 is 34.6 Å². The van der Waals surface area contributed by atoms with Crippen molar-refractivity contribution in [3.8, 4) is 17.5 Å². The molecule has 1 aromatic heterocycles. The number of anilines is 2. The van der Waals surface area contributed by atoms with Crippen molar-refractivity contribution in [2.75, 3.05) is 62.6 Å². The topological polar surface area (TPSA) is 103 Å². The number of benzene rings is 1. The van der Waals surface area contributed by atoms with Crippen LogP contribution < -0.4 is 19.7 Å². The van der Waals surface area contributed by atoms with E-state index in [0.717, 1.165) is 37.7 Å². The molecule has 2 aliphatic heterocycles. The van der Waals surface area contributed by atoms with E-state index in [1.807, 2.05) is 6.92 Å². The summed E-state index contributed by atoms with van der Waals surface area (Å²) in [7, 11) is 0. The molecule has 3 heterocycles. The number of nitrogens with one attached hydrogen (secondary N) is 1. The predicted octanol–water partition coefficient (Wildman–Crippen LogP) is 4.34. The second-order valence-corrected chi connectivity index (χ2v) is 10.3. The number of halogens is 3. The zero-order valence-electron chi connectivity index (χ0n) is 24.0. The van der Waals surface area contributed by atoms with Crippen LogP contribution in [0.5, 0.6) is 17.5 Å². The third kappa shape index (κ3) is 8.63. The first kappa shape index (κ1) is 31.2. The molecule has 4 rings (SSSR count). The summed E-state index contributed by atoms with van der Waals surface area (Å²) in [5.41, 5.74) is 1.64. The second-order valence-electron chi connectivity index (χ2n) is 10.3. The summed E-state index contributed by atoms with van der Waals surface area (Å²) in [5.74, 6) is -0.409. The second kappa shape index (κ2) is 14.4. The molecule has 1 fully saturated rings. The molecule has 0 saturated carbocycles. The van der Waals surface area contributed by atoms with Gasteiger partial charge in [0.15, 0.2) is 5.75 Å². The van der Waals surface area contributed by atoms with Crippen molar-refractivity contribution >= 4 is 17.4 Å². The third-order valence-electron chi connectivity index (χ3n) is 7.40. The first-order valence-electron chi connectivity index (χ1n) is 14.4. The number of phenolic OH excluding ortho intramolecular Hbond substituents is 1. The Morgan fingerprint density at radius 3 is 2.71 bits per heavy atom. The Bertz CT molecular complexity index is 1220. The van der Waals surface area contributed by atoms with Gasteiger partial charge in [-0.1, -0.05) is 13.0 Å². The van der Waals surface area contributed by atoms with Gasteiger partial charge in [0.1, 0.15) is 11.6 Å². The van der Waals surface area contributed by atoms with Crippen molar-refractivity contribution in [1.29, 1.82) is 0 Å². The van der Waals surface area contributed by atoms with E-state index in [9.17, 15) is 23.1 Å². The van der Waals surface area contributed by atoms with Crippen LogP contribution in [0.2, 0.25) is 0 Å². The molecular formula is C29H39F3N6O4. The molecule has 42 heavy (non-hydrogen) atoms. The summed E-state index contributed by atoms with van der Waals surface area (Å²) in [5, 5.41) is 13.1. The van der Waals surface area contributed by atoms with Crippen LogP contribution in [-0.4, -0.2) is 89.6 Å². The summed E-state index contributed by atoms with van der Waals surface area (Å²) >= 11 is 0. The summed E-state index contributed by atoms with van der Waals surface area (Å²) in [4.78, 5) is 27.1. The number of likely N-dealkylation sites (tertiary alicyclic amines) is 1. The SMILES string of the molecule is C=CC(=O)N(CC)CCNc1nc(OCCCN2CCCCC2)nc2c1CCN(c1ccc(O)cc1OC(F)(F)F)C2. The van der Waals surface area contributed by atoms with Gasteiger partial charge >= 0.3 is 12.4 Å². The van der Waals surface area contributed by atoms with E-state index in [2.05, 4.69) is 31.5 Å². The summed E-state index contributed by atoms with van der Waals surface area (Å²) in [6.07, 6.45) is 1.33. The van der Waals surface area contributed by atoms with Crippen LogP contribution >= 0.6 is 0 Å². The minimum absolute atomic E-state index is 0.164. The molecule has 0 bridgehead atoms. The van der Waals surface area contributed by atoms with Crippen LogP contribution in [0.25, 0.3) is 0 Å². The fourth-order valence-corrected chi connectivity index (χ4v) is 5.29. The first-order valence-corrected chi connectivity index (χ1v) is 14.4. The van der Waals surface area contributed by atoms with Crippen LogP contribution in [0, 0.1) is 0 Å². The van der Waals surface area contributed by atoms with Crippen molar-refractivity contribution in [1.82, 2.24) is 19.8 Å². The van der Waals surface area contributed by atoms with E-state index in [1.165, 1.54) is 37.5 Å². The molecule has 230 valence electrons. The van der Waals surface area contributed by atoms with Crippen molar-refractivity contribution in [3.05, 3.63) is 42.1 Å². The van der Waals surface area contributed by atoms with Crippen LogP contribution in [0.1, 0.15) is 43.9 Å². The lowest BCUT2D eigenvalue weighted by Gasteiger charge is -2.32.